The van der Waals surface area contributed by atoms with Gasteiger partial charge in [0.25, 0.3) is 5.91 Å². The van der Waals surface area contributed by atoms with Crippen molar-refractivity contribution in [2.75, 3.05) is 5.32 Å². The van der Waals surface area contributed by atoms with Gasteiger partial charge in [0, 0.05) is 16.0 Å². The number of hydrogen-bond acceptors (Lipinski definition) is 5. The molecule has 3 aromatic rings. The van der Waals surface area contributed by atoms with Crippen molar-refractivity contribution in [1.82, 2.24) is 5.16 Å². The van der Waals surface area contributed by atoms with E-state index < -0.39 is 5.91 Å². The summed E-state index contributed by atoms with van der Waals surface area (Å²) >= 11 is 3.37. The van der Waals surface area contributed by atoms with E-state index in [1.165, 1.54) is 0 Å². The molecule has 0 aliphatic rings. The van der Waals surface area contributed by atoms with Crippen molar-refractivity contribution < 1.29 is 18.5 Å². The van der Waals surface area contributed by atoms with E-state index in [9.17, 15) is 4.79 Å². The van der Waals surface area contributed by atoms with Gasteiger partial charge in [0.05, 0.1) is 0 Å². The predicted octanol–water partition coefficient (Wildman–Crippen LogP) is 5.16. The van der Waals surface area contributed by atoms with Crippen LogP contribution in [0, 0.1) is 0 Å². The lowest BCUT2D eigenvalue weighted by atomic mass is 9.93. The third-order valence-corrected chi connectivity index (χ3v) is 4.10. The highest BCUT2D eigenvalue weighted by molar-refractivity contribution is 9.10. The fourth-order valence-electron chi connectivity index (χ4n) is 2.13. The Morgan fingerprint density at radius 3 is 2.58 bits per heavy atom. The summed E-state index contributed by atoms with van der Waals surface area (Å²) in [6, 6.07) is 12.5. The lowest BCUT2D eigenvalue weighted by Crippen LogP contribution is -2.11. The zero-order chi connectivity index (χ0) is 18.7. The van der Waals surface area contributed by atoms with Gasteiger partial charge >= 0.3 is 0 Å². The van der Waals surface area contributed by atoms with Crippen molar-refractivity contribution >= 4 is 27.7 Å². The molecule has 0 unspecified atom stereocenters. The van der Waals surface area contributed by atoms with Crippen molar-refractivity contribution in [3.8, 4) is 5.75 Å². The summed E-state index contributed by atoms with van der Waals surface area (Å²) in [5.41, 5.74) is -0.182. The molecule has 0 saturated heterocycles. The van der Waals surface area contributed by atoms with E-state index in [1.54, 1.807) is 18.2 Å². The number of nitrogens with zero attached hydrogens (tertiary/aromatic N) is 1. The highest BCUT2D eigenvalue weighted by atomic mass is 79.9. The zero-order valence-corrected chi connectivity index (χ0v) is 16.3. The Balaban J connectivity index is 1.59. The van der Waals surface area contributed by atoms with Crippen molar-refractivity contribution in [3.63, 3.8) is 0 Å². The van der Waals surface area contributed by atoms with Gasteiger partial charge in [0.1, 0.15) is 23.9 Å². The molecular weight excluding hydrogens is 400 g/mol. The van der Waals surface area contributed by atoms with E-state index in [-0.39, 0.29) is 17.8 Å². The summed E-state index contributed by atoms with van der Waals surface area (Å²) in [6.45, 7) is 6.24. The number of aromatic nitrogens is 1. The average molecular weight is 419 g/mol. The first-order valence-corrected chi connectivity index (χ1v) is 8.86. The van der Waals surface area contributed by atoms with Gasteiger partial charge in [-0.05, 0) is 36.4 Å². The number of halogens is 1. The van der Waals surface area contributed by atoms with E-state index >= 15 is 0 Å². The Morgan fingerprint density at radius 1 is 1.19 bits per heavy atom. The summed E-state index contributed by atoms with van der Waals surface area (Å²) in [5.74, 6) is 2.09. The van der Waals surface area contributed by atoms with Crippen molar-refractivity contribution in [2.45, 2.75) is 32.8 Å². The summed E-state index contributed by atoms with van der Waals surface area (Å²) in [4.78, 5) is 12.3. The van der Waals surface area contributed by atoms with Crippen LogP contribution in [0.25, 0.3) is 0 Å². The van der Waals surface area contributed by atoms with Crippen LogP contribution in [-0.4, -0.2) is 11.1 Å². The SMILES string of the molecule is CC(C)(C)c1cc(NC(=O)c2ccc(COc3ccc(Br)cc3)o2)no1. The molecule has 7 heteroatoms. The van der Waals surface area contributed by atoms with E-state index in [1.807, 2.05) is 45.0 Å². The number of anilines is 1. The molecule has 1 N–H and O–H groups in total. The molecule has 0 spiro atoms. The minimum Gasteiger partial charge on any atom is -0.486 e. The molecule has 2 aromatic heterocycles. The molecule has 1 amide bonds. The molecule has 26 heavy (non-hydrogen) atoms. The molecule has 0 aliphatic heterocycles. The molecule has 0 radical (unpaired) electrons. The predicted molar refractivity (Wildman–Crippen MR) is 100 cm³/mol. The van der Waals surface area contributed by atoms with Crippen LogP contribution in [0.3, 0.4) is 0 Å². The second-order valence-electron chi connectivity index (χ2n) is 6.79. The first-order chi connectivity index (χ1) is 12.3. The third-order valence-electron chi connectivity index (χ3n) is 3.57. The lowest BCUT2D eigenvalue weighted by Gasteiger charge is -2.11. The highest BCUT2D eigenvalue weighted by Gasteiger charge is 2.21. The number of rotatable bonds is 5. The Bertz CT molecular complexity index is 891. The minimum atomic E-state index is -0.395. The van der Waals surface area contributed by atoms with Crippen LogP contribution in [0.15, 0.2) is 55.9 Å². The Labute approximate surface area is 159 Å². The normalized spacial score (nSPS) is 11.4. The topological polar surface area (TPSA) is 77.5 Å². The Hall–Kier alpha value is -2.54. The molecule has 0 aliphatic carbocycles. The van der Waals surface area contributed by atoms with Crippen LogP contribution in [0.2, 0.25) is 0 Å². The fraction of sp³-hybridized carbons (Fsp3) is 0.263. The molecule has 0 atom stereocenters. The molecule has 1 aromatic carbocycles. The third kappa shape index (κ3) is 4.54. The van der Waals surface area contributed by atoms with Crippen molar-refractivity contribution in [2.24, 2.45) is 0 Å². The van der Waals surface area contributed by atoms with E-state index in [4.69, 9.17) is 13.7 Å². The van der Waals surface area contributed by atoms with E-state index in [0.717, 1.165) is 4.47 Å². The largest absolute Gasteiger partial charge is 0.486 e. The molecule has 6 nitrogen and oxygen atoms in total. The zero-order valence-electron chi connectivity index (χ0n) is 14.7. The number of benzene rings is 1. The first-order valence-electron chi connectivity index (χ1n) is 8.07. The van der Waals surface area contributed by atoms with Crippen molar-refractivity contribution in [1.29, 1.82) is 0 Å². The fourth-order valence-corrected chi connectivity index (χ4v) is 2.39. The molecular formula is C19H19BrN2O4. The number of carbonyl (C=O) groups is 1. The number of ether oxygens (including phenoxy) is 1. The summed E-state index contributed by atoms with van der Waals surface area (Å²) in [5, 5.41) is 6.52. The maximum Gasteiger partial charge on any atom is 0.292 e. The molecule has 0 saturated carbocycles. The van der Waals surface area contributed by atoms with Crippen LogP contribution in [0.4, 0.5) is 5.82 Å². The first kappa shape index (κ1) is 18.3. The van der Waals surface area contributed by atoms with Gasteiger partial charge < -0.3 is 19.0 Å². The average Bonchev–Trinajstić information content (AvgIpc) is 3.23. The Morgan fingerprint density at radius 2 is 1.92 bits per heavy atom. The van der Waals surface area contributed by atoms with Crippen LogP contribution in [-0.2, 0) is 12.0 Å². The number of amides is 1. The summed E-state index contributed by atoms with van der Waals surface area (Å²) in [7, 11) is 0. The molecule has 136 valence electrons. The van der Waals surface area contributed by atoms with Gasteiger partial charge in [-0.3, -0.25) is 4.79 Å². The van der Waals surface area contributed by atoms with Gasteiger partial charge in [-0.1, -0.05) is 41.9 Å². The standard InChI is InChI=1S/C19H19BrN2O4/c1-19(2,3)16-10-17(22-26-16)21-18(23)15-9-8-14(25-15)11-24-13-6-4-12(20)5-7-13/h4-10H,11H2,1-3H3,(H,21,22,23). The maximum atomic E-state index is 12.3. The van der Waals surface area contributed by atoms with Crippen molar-refractivity contribution in [3.05, 3.63) is 64.2 Å². The Kier molecular flexibility index (Phi) is 5.18. The smallest absolute Gasteiger partial charge is 0.292 e. The lowest BCUT2D eigenvalue weighted by molar-refractivity contribution is 0.0991. The van der Waals surface area contributed by atoms with Gasteiger partial charge in [0.2, 0.25) is 0 Å². The van der Waals surface area contributed by atoms with Gasteiger partial charge in [-0.15, -0.1) is 0 Å². The highest BCUT2D eigenvalue weighted by Crippen LogP contribution is 2.25. The minimum absolute atomic E-state index is 0.180. The van der Waals surface area contributed by atoms with Crippen LogP contribution in [0.5, 0.6) is 5.75 Å². The molecule has 2 heterocycles. The van der Waals surface area contributed by atoms with E-state index in [0.29, 0.717) is 23.1 Å². The van der Waals surface area contributed by atoms with Crippen LogP contribution >= 0.6 is 15.9 Å². The summed E-state index contributed by atoms with van der Waals surface area (Å²) in [6.07, 6.45) is 0. The summed E-state index contributed by atoms with van der Waals surface area (Å²) < 4.78 is 17.4. The number of hydrogen-bond donors (Lipinski definition) is 1. The van der Waals surface area contributed by atoms with Gasteiger partial charge in [-0.25, -0.2) is 0 Å². The second kappa shape index (κ2) is 7.37. The molecule has 0 bridgehead atoms. The van der Waals surface area contributed by atoms with Gasteiger partial charge in [0.15, 0.2) is 11.6 Å². The molecule has 3 rings (SSSR count). The van der Waals surface area contributed by atoms with Crippen LogP contribution < -0.4 is 10.1 Å². The number of carbonyl (C=O) groups excluding carboxylic acids is 1. The maximum absolute atomic E-state index is 12.3. The monoisotopic (exact) mass is 418 g/mol. The second-order valence-corrected chi connectivity index (χ2v) is 7.70. The van der Waals surface area contributed by atoms with Crippen LogP contribution in [0.1, 0.15) is 42.8 Å². The van der Waals surface area contributed by atoms with Gasteiger partial charge in [-0.2, -0.15) is 0 Å². The van der Waals surface area contributed by atoms with E-state index in [2.05, 4.69) is 26.4 Å². The molecule has 0 fully saturated rings. The quantitative estimate of drug-likeness (QED) is 0.618. The number of furan rings is 1. The number of nitrogens with one attached hydrogen (secondary N) is 1.